The molecule has 2 rings (SSSR count). The van der Waals surface area contributed by atoms with Gasteiger partial charge in [-0.3, -0.25) is 0 Å². The van der Waals surface area contributed by atoms with Crippen LogP contribution in [0.25, 0.3) is 0 Å². The lowest BCUT2D eigenvalue weighted by Crippen LogP contribution is -1.88. The fraction of sp³-hybridized carbons (Fsp3) is 0.250. The number of azo groups is 1. The molecule has 0 N–H and O–H groups in total. The Hall–Kier alpha value is -2.16. The van der Waals surface area contributed by atoms with E-state index in [2.05, 4.69) is 16.3 Å². The molecule has 2 aromatic carbocycles. The highest BCUT2D eigenvalue weighted by atomic mass is 16.5. The van der Waals surface area contributed by atoms with E-state index in [-0.39, 0.29) is 0 Å². The van der Waals surface area contributed by atoms with Crippen LogP contribution in [0.5, 0.6) is 5.75 Å². The van der Waals surface area contributed by atoms with Crippen LogP contribution in [0.3, 0.4) is 0 Å². The van der Waals surface area contributed by atoms with Crippen molar-refractivity contribution in [3.63, 3.8) is 0 Å². The second-order valence-electron chi connectivity index (χ2n) is 4.62. The summed E-state index contributed by atoms with van der Waals surface area (Å²) in [5, 5.41) is 8.64. The van der Waals surface area contributed by atoms with Crippen molar-refractivity contribution >= 4 is 11.4 Å². The normalized spacial score (nSPS) is 10.9. The molecule has 0 atom stereocenters. The van der Waals surface area contributed by atoms with Crippen LogP contribution >= 0.6 is 0 Å². The molecular weight excluding hydrogens is 236 g/mol. The van der Waals surface area contributed by atoms with Crippen molar-refractivity contribution in [1.29, 1.82) is 0 Å². The van der Waals surface area contributed by atoms with Crippen molar-refractivity contribution in [1.82, 2.24) is 0 Å². The molecule has 0 fully saturated rings. The number of ether oxygens (including phenoxy) is 1. The summed E-state index contributed by atoms with van der Waals surface area (Å²) in [6, 6.07) is 12.0. The maximum atomic E-state index is 5.40. The first-order valence-corrected chi connectivity index (χ1v) is 6.24. The zero-order chi connectivity index (χ0) is 13.8. The Labute approximate surface area is 114 Å². The van der Waals surface area contributed by atoms with E-state index in [4.69, 9.17) is 4.74 Å². The highest BCUT2D eigenvalue weighted by Crippen LogP contribution is 2.33. The molecule has 0 aromatic heterocycles. The van der Waals surface area contributed by atoms with Gasteiger partial charge in [-0.1, -0.05) is 24.3 Å². The highest BCUT2D eigenvalue weighted by Gasteiger charge is 2.07. The van der Waals surface area contributed by atoms with Crippen LogP contribution in [0, 0.1) is 20.8 Å². The van der Waals surface area contributed by atoms with Crippen molar-refractivity contribution in [2.24, 2.45) is 10.2 Å². The van der Waals surface area contributed by atoms with Crippen LogP contribution in [0.2, 0.25) is 0 Å². The van der Waals surface area contributed by atoms with Crippen molar-refractivity contribution in [2.45, 2.75) is 20.8 Å². The molecule has 0 radical (unpaired) electrons. The van der Waals surface area contributed by atoms with Gasteiger partial charge in [0, 0.05) is 0 Å². The fourth-order valence-electron chi connectivity index (χ4n) is 2.06. The summed E-state index contributed by atoms with van der Waals surface area (Å²) in [5.41, 5.74) is 4.97. The summed E-state index contributed by atoms with van der Waals surface area (Å²) in [6.45, 7) is 6.07. The Bertz CT molecular complexity index is 618. The molecular formula is C16H18N2O. The third kappa shape index (κ3) is 2.99. The van der Waals surface area contributed by atoms with Crippen LogP contribution in [0.4, 0.5) is 11.4 Å². The SMILES string of the molecule is COc1c(C)cc(C)cc1N=Nc1ccccc1C. The lowest BCUT2D eigenvalue weighted by atomic mass is 10.1. The van der Waals surface area contributed by atoms with Crippen LogP contribution in [0.1, 0.15) is 16.7 Å². The zero-order valence-electron chi connectivity index (χ0n) is 11.8. The Morgan fingerprint density at radius 2 is 1.53 bits per heavy atom. The van der Waals surface area contributed by atoms with Crippen LogP contribution < -0.4 is 4.74 Å². The first-order valence-electron chi connectivity index (χ1n) is 6.24. The first-order chi connectivity index (χ1) is 9.11. The molecule has 0 heterocycles. The van der Waals surface area contributed by atoms with Gasteiger partial charge in [-0.2, -0.15) is 5.11 Å². The molecule has 0 saturated heterocycles. The van der Waals surface area contributed by atoms with Gasteiger partial charge in [-0.15, -0.1) is 5.11 Å². The smallest absolute Gasteiger partial charge is 0.149 e. The monoisotopic (exact) mass is 254 g/mol. The summed E-state index contributed by atoms with van der Waals surface area (Å²) in [6.07, 6.45) is 0. The van der Waals surface area contributed by atoms with Crippen molar-refractivity contribution < 1.29 is 4.74 Å². The number of methoxy groups -OCH3 is 1. The molecule has 98 valence electrons. The molecule has 0 saturated carbocycles. The van der Waals surface area contributed by atoms with E-state index in [1.54, 1.807) is 7.11 Å². The summed E-state index contributed by atoms with van der Waals surface area (Å²) < 4.78 is 5.40. The predicted molar refractivity (Wildman–Crippen MR) is 77.8 cm³/mol. The quantitative estimate of drug-likeness (QED) is 0.707. The second kappa shape index (κ2) is 5.65. The predicted octanol–water partition coefficient (Wildman–Crippen LogP) is 5.04. The third-order valence-corrected chi connectivity index (χ3v) is 2.98. The van der Waals surface area contributed by atoms with E-state index in [0.29, 0.717) is 0 Å². The second-order valence-corrected chi connectivity index (χ2v) is 4.62. The molecule has 0 unspecified atom stereocenters. The van der Waals surface area contributed by atoms with Gasteiger partial charge in [0.2, 0.25) is 0 Å². The van der Waals surface area contributed by atoms with E-state index in [1.807, 2.05) is 51.1 Å². The van der Waals surface area contributed by atoms with Gasteiger partial charge in [-0.05, 0) is 49.6 Å². The Kier molecular flexibility index (Phi) is 3.95. The average Bonchev–Trinajstić information content (AvgIpc) is 2.37. The molecule has 0 bridgehead atoms. The Balaban J connectivity index is 2.41. The first kappa shape index (κ1) is 13.3. The molecule has 0 aliphatic heterocycles. The van der Waals surface area contributed by atoms with Gasteiger partial charge in [0.05, 0.1) is 12.8 Å². The van der Waals surface area contributed by atoms with E-state index < -0.39 is 0 Å². The molecule has 0 spiro atoms. The minimum Gasteiger partial charge on any atom is -0.494 e. The minimum absolute atomic E-state index is 0.767. The molecule has 2 aromatic rings. The number of nitrogens with zero attached hydrogens (tertiary/aromatic N) is 2. The largest absolute Gasteiger partial charge is 0.494 e. The van der Waals surface area contributed by atoms with E-state index in [1.165, 1.54) is 0 Å². The standard InChI is InChI=1S/C16H18N2O/c1-11-9-13(3)16(19-4)15(10-11)18-17-14-8-6-5-7-12(14)2/h5-10H,1-4H3. The third-order valence-electron chi connectivity index (χ3n) is 2.98. The molecule has 0 amide bonds. The molecule has 19 heavy (non-hydrogen) atoms. The summed E-state index contributed by atoms with van der Waals surface area (Å²) in [5.74, 6) is 0.780. The lowest BCUT2D eigenvalue weighted by molar-refractivity contribution is 0.412. The number of hydrogen-bond donors (Lipinski definition) is 0. The molecule has 0 aliphatic rings. The van der Waals surface area contributed by atoms with E-state index in [0.717, 1.165) is 33.8 Å². The van der Waals surface area contributed by atoms with Gasteiger partial charge in [0.25, 0.3) is 0 Å². The summed E-state index contributed by atoms with van der Waals surface area (Å²) in [7, 11) is 1.66. The van der Waals surface area contributed by atoms with Crippen LogP contribution in [0.15, 0.2) is 46.6 Å². The highest BCUT2D eigenvalue weighted by molar-refractivity contribution is 5.58. The van der Waals surface area contributed by atoms with Crippen molar-refractivity contribution in [3.05, 3.63) is 53.1 Å². The Morgan fingerprint density at radius 3 is 2.21 bits per heavy atom. The van der Waals surface area contributed by atoms with Gasteiger partial charge < -0.3 is 4.74 Å². The van der Waals surface area contributed by atoms with Gasteiger partial charge in [-0.25, -0.2) is 0 Å². The molecule has 3 heteroatoms. The van der Waals surface area contributed by atoms with Gasteiger partial charge in [0.15, 0.2) is 0 Å². The number of rotatable bonds is 3. The lowest BCUT2D eigenvalue weighted by Gasteiger charge is -2.08. The van der Waals surface area contributed by atoms with Crippen molar-refractivity contribution in [3.8, 4) is 5.75 Å². The number of aryl methyl sites for hydroxylation is 3. The fourth-order valence-corrected chi connectivity index (χ4v) is 2.06. The van der Waals surface area contributed by atoms with Crippen LogP contribution in [-0.4, -0.2) is 7.11 Å². The zero-order valence-corrected chi connectivity index (χ0v) is 11.8. The van der Waals surface area contributed by atoms with Crippen LogP contribution in [-0.2, 0) is 0 Å². The topological polar surface area (TPSA) is 34.0 Å². The summed E-state index contributed by atoms with van der Waals surface area (Å²) >= 11 is 0. The Morgan fingerprint density at radius 1 is 0.842 bits per heavy atom. The summed E-state index contributed by atoms with van der Waals surface area (Å²) in [4.78, 5) is 0. The van der Waals surface area contributed by atoms with E-state index in [9.17, 15) is 0 Å². The minimum atomic E-state index is 0.767. The average molecular weight is 254 g/mol. The van der Waals surface area contributed by atoms with Gasteiger partial charge in [0.1, 0.15) is 11.4 Å². The maximum absolute atomic E-state index is 5.40. The molecule has 3 nitrogen and oxygen atoms in total. The van der Waals surface area contributed by atoms with Gasteiger partial charge >= 0.3 is 0 Å². The maximum Gasteiger partial charge on any atom is 0.149 e. The van der Waals surface area contributed by atoms with Crippen molar-refractivity contribution in [2.75, 3.05) is 7.11 Å². The number of hydrogen-bond acceptors (Lipinski definition) is 3. The number of benzene rings is 2. The van der Waals surface area contributed by atoms with E-state index >= 15 is 0 Å². The molecule has 0 aliphatic carbocycles.